The van der Waals surface area contributed by atoms with Crippen LogP contribution in [0.3, 0.4) is 0 Å². The molecule has 6 heteroatoms. The Hall–Kier alpha value is -2.66. The molecule has 0 aliphatic carbocycles. The third kappa shape index (κ3) is 3.10. The summed E-state index contributed by atoms with van der Waals surface area (Å²) in [4.78, 5) is 12.5. The highest BCUT2D eigenvalue weighted by atomic mass is 35.5. The van der Waals surface area contributed by atoms with Crippen LogP contribution in [0.2, 0.25) is 5.02 Å². The number of halogens is 1. The summed E-state index contributed by atoms with van der Waals surface area (Å²) in [5, 5.41) is 18.2. The van der Waals surface area contributed by atoms with Gasteiger partial charge in [-0.25, -0.2) is 4.68 Å². The Morgan fingerprint density at radius 3 is 2.52 bits per heavy atom. The summed E-state index contributed by atoms with van der Waals surface area (Å²) in [6, 6.07) is 10.2. The van der Waals surface area contributed by atoms with Crippen LogP contribution in [0.4, 0.5) is 0 Å². The summed E-state index contributed by atoms with van der Waals surface area (Å²) in [6.07, 6.45) is 1.48. The Labute approximate surface area is 138 Å². The smallest absolute Gasteiger partial charge is 0.214 e. The van der Waals surface area contributed by atoms with Crippen molar-refractivity contribution in [3.63, 3.8) is 0 Å². The number of ketones is 1. The van der Waals surface area contributed by atoms with E-state index in [1.807, 2.05) is 32.0 Å². The van der Waals surface area contributed by atoms with E-state index in [0.29, 0.717) is 16.3 Å². The number of aromatic nitrogens is 3. The van der Waals surface area contributed by atoms with E-state index in [9.17, 15) is 9.90 Å². The number of benzene rings is 2. The van der Waals surface area contributed by atoms with Crippen LogP contribution in [-0.4, -0.2) is 25.9 Å². The van der Waals surface area contributed by atoms with Crippen LogP contribution in [0.25, 0.3) is 5.69 Å². The highest BCUT2D eigenvalue weighted by molar-refractivity contribution is 6.30. The van der Waals surface area contributed by atoms with E-state index in [0.717, 1.165) is 11.1 Å². The highest BCUT2D eigenvalue weighted by Crippen LogP contribution is 2.25. The molecule has 116 valence electrons. The highest BCUT2D eigenvalue weighted by Gasteiger charge is 2.16. The first-order valence-corrected chi connectivity index (χ1v) is 7.36. The lowest BCUT2D eigenvalue weighted by Gasteiger charge is -2.03. The number of hydrogen-bond donors (Lipinski definition) is 1. The zero-order chi connectivity index (χ0) is 16.6. The lowest BCUT2D eigenvalue weighted by molar-refractivity contribution is 0.103. The molecule has 2 aromatic carbocycles. The largest absolute Gasteiger partial charge is 0.506 e. The number of rotatable bonds is 3. The number of hydrogen-bond acceptors (Lipinski definition) is 4. The molecule has 0 atom stereocenters. The van der Waals surface area contributed by atoms with Crippen molar-refractivity contribution in [2.24, 2.45) is 0 Å². The third-order valence-corrected chi connectivity index (χ3v) is 3.63. The van der Waals surface area contributed by atoms with Crippen molar-refractivity contribution in [2.75, 3.05) is 0 Å². The Morgan fingerprint density at radius 1 is 1.13 bits per heavy atom. The van der Waals surface area contributed by atoms with E-state index in [2.05, 4.69) is 10.3 Å². The first-order chi connectivity index (χ1) is 10.9. The minimum absolute atomic E-state index is 0.00435. The summed E-state index contributed by atoms with van der Waals surface area (Å²) in [5.41, 5.74) is 3.14. The maximum Gasteiger partial charge on any atom is 0.214 e. The van der Waals surface area contributed by atoms with Crippen LogP contribution in [0.1, 0.15) is 27.2 Å². The van der Waals surface area contributed by atoms with Crippen molar-refractivity contribution < 1.29 is 9.90 Å². The molecule has 0 unspecified atom stereocenters. The second-order valence-electron chi connectivity index (χ2n) is 5.39. The molecule has 5 nitrogen and oxygen atoms in total. The van der Waals surface area contributed by atoms with E-state index in [1.54, 1.807) is 12.1 Å². The molecule has 3 rings (SSSR count). The van der Waals surface area contributed by atoms with Gasteiger partial charge in [-0.3, -0.25) is 4.79 Å². The molecule has 0 spiro atoms. The number of aryl methyl sites for hydroxylation is 2. The molecular weight excluding hydrogens is 314 g/mol. The second kappa shape index (κ2) is 5.85. The van der Waals surface area contributed by atoms with E-state index >= 15 is 0 Å². The van der Waals surface area contributed by atoms with Crippen molar-refractivity contribution in [3.05, 3.63) is 70.0 Å². The zero-order valence-corrected chi connectivity index (χ0v) is 13.4. The van der Waals surface area contributed by atoms with Crippen LogP contribution in [-0.2, 0) is 0 Å². The number of carbonyl (C=O) groups excluding carboxylic acids is 1. The van der Waals surface area contributed by atoms with Gasteiger partial charge in [0.15, 0.2) is 5.69 Å². The lowest BCUT2D eigenvalue weighted by atomic mass is 10.0. The topological polar surface area (TPSA) is 68.0 Å². The van der Waals surface area contributed by atoms with Gasteiger partial charge in [0.2, 0.25) is 5.78 Å². The van der Waals surface area contributed by atoms with E-state index < -0.39 is 0 Å². The number of aromatic hydroxyl groups is 1. The Balaban J connectivity index is 1.98. The van der Waals surface area contributed by atoms with Gasteiger partial charge in [-0.1, -0.05) is 34.0 Å². The molecule has 1 N–H and O–H groups in total. The predicted molar refractivity (Wildman–Crippen MR) is 87.4 cm³/mol. The molecule has 0 fully saturated rings. The molecule has 0 aliphatic heterocycles. The molecule has 1 aromatic heterocycles. The Kier molecular flexibility index (Phi) is 3.88. The van der Waals surface area contributed by atoms with Gasteiger partial charge in [0.25, 0.3) is 0 Å². The summed E-state index contributed by atoms with van der Waals surface area (Å²) in [5.74, 6) is -0.214. The molecule has 0 aliphatic rings. The van der Waals surface area contributed by atoms with Crippen LogP contribution < -0.4 is 0 Å². The molecule has 1 heterocycles. The minimum atomic E-state index is -0.218. The van der Waals surface area contributed by atoms with Crippen molar-refractivity contribution in [2.45, 2.75) is 13.8 Å². The molecule has 0 radical (unpaired) electrons. The summed E-state index contributed by atoms with van der Waals surface area (Å²) < 4.78 is 1.33. The van der Waals surface area contributed by atoms with Gasteiger partial charge in [-0.05, 0) is 44.2 Å². The quantitative estimate of drug-likeness (QED) is 0.748. The maximum atomic E-state index is 12.5. The van der Waals surface area contributed by atoms with Crippen molar-refractivity contribution in [1.82, 2.24) is 15.0 Å². The lowest BCUT2D eigenvalue weighted by Crippen LogP contribution is -2.03. The van der Waals surface area contributed by atoms with Crippen LogP contribution in [0, 0.1) is 13.8 Å². The number of carbonyl (C=O) groups is 1. The average molecular weight is 328 g/mol. The predicted octanol–water partition coefficient (Wildman–Crippen LogP) is 3.47. The number of phenols is 1. The van der Waals surface area contributed by atoms with Crippen molar-refractivity contribution in [1.29, 1.82) is 0 Å². The summed E-state index contributed by atoms with van der Waals surface area (Å²) in [6.45, 7) is 3.87. The SMILES string of the molecule is Cc1cc(C)cc(C(=O)c2cn(-c3cc(Cl)ccc3O)nn2)c1. The monoisotopic (exact) mass is 327 g/mol. The molecular formula is C17H14ClN3O2. The molecule has 0 saturated carbocycles. The molecule has 0 amide bonds. The third-order valence-electron chi connectivity index (χ3n) is 3.39. The second-order valence-corrected chi connectivity index (χ2v) is 5.82. The van der Waals surface area contributed by atoms with Crippen molar-refractivity contribution in [3.8, 4) is 11.4 Å². The van der Waals surface area contributed by atoms with E-state index in [4.69, 9.17) is 11.6 Å². The molecule has 0 saturated heterocycles. The van der Waals surface area contributed by atoms with Gasteiger partial charge in [0.05, 0.1) is 6.20 Å². The standard InChI is InChI=1S/C17H14ClN3O2/c1-10-5-11(2)7-12(6-10)17(23)14-9-21(20-19-14)15-8-13(18)3-4-16(15)22/h3-9,22H,1-2H3. The van der Waals surface area contributed by atoms with Crippen LogP contribution >= 0.6 is 11.6 Å². The average Bonchev–Trinajstić information content (AvgIpc) is 2.97. The normalized spacial score (nSPS) is 10.7. The van der Waals surface area contributed by atoms with Gasteiger partial charge in [0.1, 0.15) is 11.4 Å². The molecule has 23 heavy (non-hydrogen) atoms. The van der Waals surface area contributed by atoms with E-state index in [1.165, 1.54) is 16.9 Å². The van der Waals surface area contributed by atoms with Gasteiger partial charge in [0, 0.05) is 10.6 Å². The molecule has 3 aromatic rings. The fourth-order valence-electron chi connectivity index (χ4n) is 2.42. The van der Waals surface area contributed by atoms with Crippen LogP contribution in [0.15, 0.2) is 42.6 Å². The first-order valence-electron chi connectivity index (χ1n) is 6.98. The van der Waals surface area contributed by atoms with Gasteiger partial charge in [-0.15, -0.1) is 5.10 Å². The number of phenolic OH excluding ortho intramolecular Hbond substituents is 1. The first kappa shape index (κ1) is 15.2. The minimum Gasteiger partial charge on any atom is -0.506 e. The summed E-state index contributed by atoms with van der Waals surface area (Å²) >= 11 is 5.93. The maximum absolute atomic E-state index is 12.5. The fraction of sp³-hybridized carbons (Fsp3) is 0.118. The fourth-order valence-corrected chi connectivity index (χ4v) is 2.59. The molecule has 0 bridgehead atoms. The van der Waals surface area contributed by atoms with Crippen molar-refractivity contribution >= 4 is 17.4 Å². The number of nitrogens with zero attached hydrogens (tertiary/aromatic N) is 3. The Bertz CT molecular complexity index is 882. The van der Waals surface area contributed by atoms with Gasteiger partial charge < -0.3 is 5.11 Å². The summed E-state index contributed by atoms with van der Waals surface area (Å²) in [7, 11) is 0. The Morgan fingerprint density at radius 2 is 1.83 bits per heavy atom. The van der Waals surface area contributed by atoms with Gasteiger partial charge in [-0.2, -0.15) is 0 Å². The van der Waals surface area contributed by atoms with E-state index in [-0.39, 0.29) is 17.2 Å². The van der Waals surface area contributed by atoms with Crippen LogP contribution in [0.5, 0.6) is 5.75 Å². The zero-order valence-electron chi connectivity index (χ0n) is 12.6. The van der Waals surface area contributed by atoms with Gasteiger partial charge >= 0.3 is 0 Å².